The normalized spacial score (nSPS) is 15.7. The molecule has 128 valence electrons. The molecule has 6 nitrogen and oxygen atoms in total. The average molecular weight is 348 g/mol. The average Bonchev–Trinajstić information content (AvgIpc) is 2.95. The zero-order valence-electron chi connectivity index (χ0n) is 14.1. The van der Waals surface area contributed by atoms with Gasteiger partial charge in [0.25, 0.3) is 5.91 Å². The Hall–Kier alpha value is -1.92. The van der Waals surface area contributed by atoms with Crippen LogP contribution in [-0.2, 0) is 13.1 Å². The standard InChI is InChI=1S/C17H22ClN5O/c1-3-23-13(2)19-20-16(23)12-21-8-10-22(11-9-21)17(24)14-4-6-15(18)7-5-14/h4-7H,3,8-12H2,1-2H3. The number of aryl methyl sites for hydroxylation is 1. The van der Waals surface area contributed by atoms with Crippen molar-refractivity contribution in [1.29, 1.82) is 0 Å². The predicted octanol–water partition coefficient (Wildman–Crippen LogP) is 2.22. The zero-order chi connectivity index (χ0) is 17.1. The van der Waals surface area contributed by atoms with E-state index in [0.29, 0.717) is 10.6 Å². The molecule has 2 aromatic rings. The molecular formula is C17H22ClN5O. The van der Waals surface area contributed by atoms with Crippen LogP contribution < -0.4 is 0 Å². The van der Waals surface area contributed by atoms with E-state index in [2.05, 4.69) is 26.6 Å². The minimum absolute atomic E-state index is 0.0684. The topological polar surface area (TPSA) is 54.3 Å². The first-order chi connectivity index (χ1) is 11.6. The van der Waals surface area contributed by atoms with Crippen LogP contribution in [0.3, 0.4) is 0 Å². The van der Waals surface area contributed by atoms with Gasteiger partial charge in [-0.05, 0) is 38.1 Å². The summed E-state index contributed by atoms with van der Waals surface area (Å²) in [5, 5.41) is 9.07. The van der Waals surface area contributed by atoms with Crippen molar-refractivity contribution in [2.24, 2.45) is 0 Å². The third-order valence-electron chi connectivity index (χ3n) is 4.44. The lowest BCUT2D eigenvalue weighted by Gasteiger charge is -2.34. The van der Waals surface area contributed by atoms with Gasteiger partial charge in [-0.2, -0.15) is 0 Å². The van der Waals surface area contributed by atoms with Gasteiger partial charge in [-0.3, -0.25) is 9.69 Å². The third kappa shape index (κ3) is 3.60. The highest BCUT2D eigenvalue weighted by Gasteiger charge is 2.23. The van der Waals surface area contributed by atoms with E-state index in [9.17, 15) is 4.79 Å². The van der Waals surface area contributed by atoms with Crippen molar-refractivity contribution < 1.29 is 4.79 Å². The molecule has 0 bridgehead atoms. The lowest BCUT2D eigenvalue weighted by Crippen LogP contribution is -2.48. The fourth-order valence-electron chi connectivity index (χ4n) is 3.04. The molecule has 1 aromatic carbocycles. The van der Waals surface area contributed by atoms with Crippen LogP contribution in [0.1, 0.15) is 28.9 Å². The van der Waals surface area contributed by atoms with Gasteiger partial charge in [0.05, 0.1) is 6.54 Å². The monoisotopic (exact) mass is 347 g/mol. The second kappa shape index (κ2) is 7.32. The van der Waals surface area contributed by atoms with Crippen LogP contribution in [0.2, 0.25) is 5.02 Å². The first-order valence-corrected chi connectivity index (χ1v) is 8.62. The van der Waals surface area contributed by atoms with Crippen LogP contribution in [0.25, 0.3) is 0 Å². The summed E-state index contributed by atoms with van der Waals surface area (Å²) in [6.45, 7) is 8.86. The number of nitrogens with zero attached hydrogens (tertiary/aromatic N) is 5. The Balaban J connectivity index is 1.57. The fraction of sp³-hybridized carbons (Fsp3) is 0.471. The highest BCUT2D eigenvalue weighted by atomic mass is 35.5. The molecule has 0 spiro atoms. The van der Waals surface area contributed by atoms with E-state index in [0.717, 1.165) is 50.9 Å². The number of benzene rings is 1. The van der Waals surface area contributed by atoms with Crippen LogP contribution in [0.5, 0.6) is 0 Å². The number of piperazine rings is 1. The van der Waals surface area contributed by atoms with E-state index in [1.807, 2.05) is 11.8 Å². The quantitative estimate of drug-likeness (QED) is 0.851. The molecule has 0 aliphatic carbocycles. The molecule has 0 N–H and O–H groups in total. The first-order valence-electron chi connectivity index (χ1n) is 8.24. The predicted molar refractivity (Wildman–Crippen MR) is 93.1 cm³/mol. The number of hydrogen-bond acceptors (Lipinski definition) is 4. The molecule has 1 saturated heterocycles. The second-order valence-corrected chi connectivity index (χ2v) is 6.42. The Labute approximate surface area is 147 Å². The number of carbonyl (C=O) groups excluding carboxylic acids is 1. The van der Waals surface area contributed by atoms with Gasteiger partial charge < -0.3 is 9.47 Å². The SMILES string of the molecule is CCn1c(C)nnc1CN1CCN(C(=O)c2ccc(Cl)cc2)CC1. The highest BCUT2D eigenvalue weighted by Crippen LogP contribution is 2.14. The van der Waals surface area contributed by atoms with Crippen LogP contribution in [-0.4, -0.2) is 56.7 Å². The smallest absolute Gasteiger partial charge is 0.253 e. The number of rotatable bonds is 4. The Morgan fingerprint density at radius 2 is 1.79 bits per heavy atom. The van der Waals surface area contributed by atoms with Gasteiger partial charge in [-0.25, -0.2) is 0 Å². The van der Waals surface area contributed by atoms with Gasteiger partial charge in [0.1, 0.15) is 11.6 Å². The van der Waals surface area contributed by atoms with Crippen molar-refractivity contribution in [3.8, 4) is 0 Å². The number of aromatic nitrogens is 3. The summed E-state index contributed by atoms with van der Waals surface area (Å²) < 4.78 is 2.13. The molecule has 7 heteroatoms. The van der Waals surface area contributed by atoms with Crippen LogP contribution >= 0.6 is 11.6 Å². The molecular weight excluding hydrogens is 326 g/mol. The molecule has 0 saturated carbocycles. The lowest BCUT2D eigenvalue weighted by atomic mass is 10.2. The summed E-state index contributed by atoms with van der Waals surface area (Å²) in [6, 6.07) is 7.07. The van der Waals surface area contributed by atoms with Crippen molar-refractivity contribution in [1.82, 2.24) is 24.6 Å². The van der Waals surface area contributed by atoms with Crippen LogP contribution in [0.15, 0.2) is 24.3 Å². The maximum atomic E-state index is 12.5. The van der Waals surface area contributed by atoms with Gasteiger partial charge in [-0.1, -0.05) is 11.6 Å². The Kier molecular flexibility index (Phi) is 5.16. The Bertz CT molecular complexity index is 704. The van der Waals surface area contributed by atoms with E-state index in [-0.39, 0.29) is 5.91 Å². The molecule has 0 unspecified atom stereocenters. The van der Waals surface area contributed by atoms with Gasteiger partial charge in [0.2, 0.25) is 0 Å². The summed E-state index contributed by atoms with van der Waals surface area (Å²) in [4.78, 5) is 16.7. The molecule has 1 amide bonds. The van der Waals surface area contributed by atoms with Gasteiger partial charge in [-0.15, -0.1) is 10.2 Å². The minimum Gasteiger partial charge on any atom is -0.336 e. The molecule has 1 fully saturated rings. The van der Waals surface area contributed by atoms with Crippen LogP contribution in [0.4, 0.5) is 0 Å². The summed E-state index contributed by atoms with van der Waals surface area (Å²) in [5.74, 6) is 2.01. The fourth-order valence-corrected chi connectivity index (χ4v) is 3.16. The van der Waals surface area contributed by atoms with Gasteiger partial charge in [0.15, 0.2) is 0 Å². The highest BCUT2D eigenvalue weighted by molar-refractivity contribution is 6.30. The van der Waals surface area contributed by atoms with E-state index in [1.54, 1.807) is 24.3 Å². The molecule has 1 aromatic heterocycles. The Morgan fingerprint density at radius 1 is 1.12 bits per heavy atom. The number of amides is 1. The van der Waals surface area contributed by atoms with Crippen molar-refractivity contribution in [3.05, 3.63) is 46.5 Å². The second-order valence-electron chi connectivity index (χ2n) is 5.98. The van der Waals surface area contributed by atoms with Crippen molar-refractivity contribution in [2.75, 3.05) is 26.2 Å². The molecule has 1 aliphatic heterocycles. The maximum absolute atomic E-state index is 12.5. The minimum atomic E-state index is 0.0684. The summed E-state index contributed by atoms with van der Waals surface area (Å²) in [6.07, 6.45) is 0. The largest absolute Gasteiger partial charge is 0.336 e. The van der Waals surface area contributed by atoms with E-state index < -0.39 is 0 Å². The van der Waals surface area contributed by atoms with Crippen molar-refractivity contribution in [3.63, 3.8) is 0 Å². The van der Waals surface area contributed by atoms with Crippen LogP contribution in [0, 0.1) is 6.92 Å². The zero-order valence-corrected chi connectivity index (χ0v) is 14.8. The molecule has 2 heterocycles. The molecule has 0 radical (unpaired) electrons. The lowest BCUT2D eigenvalue weighted by molar-refractivity contribution is 0.0624. The van der Waals surface area contributed by atoms with Crippen molar-refractivity contribution in [2.45, 2.75) is 26.9 Å². The third-order valence-corrected chi connectivity index (χ3v) is 4.70. The molecule has 0 atom stereocenters. The molecule has 3 rings (SSSR count). The molecule has 1 aliphatic rings. The summed E-state index contributed by atoms with van der Waals surface area (Å²) >= 11 is 5.88. The number of carbonyl (C=O) groups is 1. The summed E-state index contributed by atoms with van der Waals surface area (Å²) in [7, 11) is 0. The van der Waals surface area contributed by atoms with Gasteiger partial charge >= 0.3 is 0 Å². The first kappa shape index (κ1) is 16.9. The van der Waals surface area contributed by atoms with E-state index >= 15 is 0 Å². The maximum Gasteiger partial charge on any atom is 0.253 e. The summed E-state index contributed by atoms with van der Waals surface area (Å²) in [5.41, 5.74) is 0.689. The van der Waals surface area contributed by atoms with E-state index in [1.165, 1.54) is 0 Å². The van der Waals surface area contributed by atoms with E-state index in [4.69, 9.17) is 11.6 Å². The Morgan fingerprint density at radius 3 is 2.42 bits per heavy atom. The molecule has 24 heavy (non-hydrogen) atoms. The van der Waals surface area contributed by atoms with Crippen molar-refractivity contribution >= 4 is 17.5 Å². The number of halogens is 1. The van der Waals surface area contributed by atoms with Gasteiger partial charge in [0, 0.05) is 43.3 Å². The number of hydrogen-bond donors (Lipinski definition) is 0.